The lowest BCUT2D eigenvalue weighted by atomic mass is 10.0. The predicted octanol–water partition coefficient (Wildman–Crippen LogP) is 5.28. The molecule has 8 nitrogen and oxygen atoms in total. The summed E-state index contributed by atoms with van der Waals surface area (Å²) in [6.07, 6.45) is 5.14. The molecule has 0 bridgehead atoms. The summed E-state index contributed by atoms with van der Waals surface area (Å²) in [6, 6.07) is 20.2. The fourth-order valence-corrected chi connectivity index (χ4v) is 3.71. The Balaban J connectivity index is 1.54. The fourth-order valence-electron chi connectivity index (χ4n) is 3.71. The molecule has 0 amide bonds. The Morgan fingerprint density at radius 1 is 1.08 bits per heavy atom. The molecule has 0 aliphatic heterocycles. The van der Waals surface area contributed by atoms with Crippen molar-refractivity contribution in [3.8, 4) is 23.3 Å². The molecule has 8 heteroatoms. The number of nitrogens with zero attached hydrogens (tertiary/aromatic N) is 4. The van der Waals surface area contributed by atoms with Crippen LogP contribution < -0.4 is 14.8 Å². The molecule has 3 aromatic carbocycles. The summed E-state index contributed by atoms with van der Waals surface area (Å²) in [5.74, 6) is 2.44. The largest absolute Gasteiger partial charge is 0.496 e. The van der Waals surface area contributed by atoms with E-state index in [1.54, 1.807) is 37.5 Å². The molecule has 4 rings (SSSR count). The third-order valence-corrected chi connectivity index (χ3v) is 5.49. The highest BCUT2D eigenvalue weighted by Crippen LogP contribution is 2.31. The van der Waals surface area contributed by atoms with E-state index in [0.29, 0.717) is 40.7 Å². The molecule has 186 valence electrons. The summed E-state index contributed by atoms with van der Waals surface area (Å²) in [4.78, 5) is 23.3. The monoisotopic (exact) mass is 493 g/mol. The number of fused-ring (bicyclic) bond motifs is 1. The number of allylic oxidation sites excluding steroid dienone is 1. The average molecular weight is 494 g/mol. The predicted molar refractivity (Wildman–Crippen MR) is 143 cm³/mol. The number of carbonyl (C=O) groups excluding carboxylic acids is 1. The van der Waals surface area contributed by atoms with E-state index in [1.807, 2.05) is 61.5 Å². The van der Waals surface area contributed by atoms with E-state index in [2.05, 4.69) is 21.4 Å². The van der Waals surface area contributed by atoms with E-state index < -0.39 is 0 Å². The van der Waals surface area contributed by atoms with E-state index in [1.165, 1.54) is 6.33 Å². The van der Waals surface area contributed by atoms with Crippen LogP contribution in [0.25, 0.3) is 10.9 Å². The number of hydrogen-bond acceptors (Lipinski definition) is 8. The van der Waals surface area contributed by atoms with Gasteiger partial charge < -0.3 is 19.7 Å². The van der Waals surface area contributed by atoms with Crippen LogP contribution in [0.15, 0.2) is 79.1 Å². The van der Waals surface area contributed by atoms with Gasteiger partial charge in [0, 0.05) is 35.7 Å². The van der Waals surface area contributed by atoms with Gasteiger partial charge in [0.05, 0.1) is 24.3 Å². The molecule has 0 aliphatic carbocycles. The fraction of sp³-hybridized carbons (Fsp3) is 0.172. The van der Waals surface area contributed by atoms with Crippen molar-refractivity contribution in [2.75, 3.05) is 33.1 Å². The van der Waals surface area contributed by atoms with E-state index >= 15 is 0 Å². The number of rotatable bonds is 10. The Hall–Kier alpha value is -4.74. The molecule has 0 unspecified atom stereocenters. The number of aromatic nitrogens is 2. The van der Waals surface area contributed by atoms with Crippen molar-refractivity contribution < 1.29 is 14.3 Å². The zero-order valence-corrected chi connectivity index (χ0v) is 20.9. The number of nitrogens with one attached hydrogen (secondary N) is 1. The van der Waals surface area contributed by atoms with Crippen molar-refractivity contribution >= 4 is 28.2 Å². The van der Waals surface area contributed by atoms with Crippen LogP contribution in [0, 0.1) is 11.3 Å². The first-order valence-electron chi connectivity index (χ1n) is 11.7. The molecule has 0 atom stereocenters. The van der Waals surface area contributed by atoms with Crippen molar-refractivity contribution in [2.45, 2.75) is 6.42 Å². The molecule has 0 aliphatic rings. The van der Waals surface area contributed by atoms with Crippen LogP contribution >= 0.6 is 0 Å². The van der Waals surface area contributed by atoms with Crippen LogP contribution in [0.3, 0.4) is 0 Å². The van der Waals surface area contributed by atoms with Crippen molar-refractivity contribution in [3.05, 3.63) is 90.3 Å². The van der Waals surface area contributed by atoms with Gasteiger partial charge >= 0.3 is 0 Å². The van der Waals surface area contributed by atoms with Crippen LogP contribution in [-0.4, -0.2) is 48.4 Å². The number of ketones is 1. The van der Waals surface area contributed by atoms with Crippen LogP contribution in [0.4, 0.5) is 11.5 Å². The Morgan fingerprint density at radius 2 is 1.89 bits per heavy atom. The third kappa shape index (κ3) is 6.69. The summed E-state index contributed by atoms with van der Waals surface area (Å²) in [5, 5.41) is 13.2. The molecular weight excluding hydrogens is 466 g/mol. The lowest BCUT2D eigenvalue weighted by Crippen LogP contribution is -2.11. The number of anilines is 2. The molecule has 0 saturated carbocycles. The van der Waals surface area contributed by atoms with Crippen molar-refractivity contribution in [2.24, 2.45) is 0 Å². The van der Waals surface area contributed by atoms with Crippen LogP contribution in [-0.2, 0) is 11.2 Å². The molecule has 0 saturated heterocycles. The number of nitriles is 1. The van der Waals surface area contributed by atoms with Crippen LogP contribution in [0.1, 0.15) is 11.1 Å². The smallest absolute Gasteiger partial charge is 0.159 e. The minimum Gasteiger partial charge on any atom is -0.496 e. The minimum atomic E-state index is -0.0123. The number of carbonyl (C=O) groups is 1. The minimum absolute atomic E-state index is 0.0123. The normalized spacial score (nSPS) is 11.0. The summed E-state index contributed by atoms with van der Waals surface area (Å²) in [6.45, 7) is 0.693. The molecule has 37 heavy (non-hydrogen) atoms. The van der Waals surface area contributed by atoms with Crippen molar-refractivity contribution in [1.82, 2.24) is 14.9 Å². The van der Waals surface area contributed by atoms with Gasteiger partial charge in [-0.05, 0) is 68.7 Å². The van der Waals surface area contributed by atoms with Gasteiger partial charge in [-0.1, -0.05) is 12.1 Å². The van der Waals surface area contributed by atoms with Gasteiger partial charge in [-0.15, -0.1) is 0 Å². The van der Waals surface area contributed by atoms with Crippen LogP contribution in [0.5, 0.6) is 17.2 Å². The Bertz CT molecular complexity index is 1470. The highest BCUT2D eigenvalue weighted by molar-refractivity contribution is 5.96. The standard InChI is InChI=1S/C29H27N5O3/c1-34(2)13-5-7-23(35)15-21-16-26-27(17-28(21)36-3)31-19-32-29(26)33-22-9-11-24(12-10-22)37-25-8-4-6-20(14-25)18-30/h4-12,14,16-17,19H,13,15H2,1-3H3,(H,31,32,33)/b7-5+. The maximum Gasteiger partial charge on any atom is 0.159 e. The quantitative estimate of drug-likeness (QED) is 0.298. The van der Waals surface area contributed by atoms with Gasteiger partial charge in [0.15, 0.2) is 5.78 Å². The van der Waals surface area contributed by atoms with Crippen molar-refractivity contribution in [1.29, 1.82) is 5.26 Å². The second kappa shape index (κ2) is 11.8. The van der Waals surface area contributed by atoms with E-state index in [0.717, 1.165) is 16.6 Å². The number of hydrogen-bond donors (Lipinski definition) is 1. The third-order valence-electron chi connectivity index (χ3n) is 5.49. The molecule has 4 aromatic rings. The highest BCUT2D eigenvalue weighted by Gasteiger charge is 2.13. The number of benzene rings is 3. The van der Waals surface area contributed by atoms with Gasteiger partial charge in [-0.25, -0.2) is 9.97 Å². The second-order valence-electron chi connectivity index (χ2n) is 8.60. The Morgan fingerprint density at radius 3 is 2.62 bits per heavy atom. The van der Waals surface area contributed by atoms with Gasteiger partial charge in [0.1, 0.15) is 29.4 Å². The summed E-state index contributed by atoms with van der Waals surface area (Å²) in [7, 11) is 5.48. The highest BCUT2D eigenvalue weighted by atomic mass is 16.5. The number of methoxy groups -OCH3 is 1. The first-order chi connectivity index (χ1) is 17.9. The summed E-state index contributed by atoms with van der Waals surface area (Å²) < 4.78 is 11.4. The zero-order chi connectivity index (χ0) is 26.2. The molecule has 1 N–H and O–H groups in total. The zero-order valence-electron chi connectivity index (χ0n) is 20.9. The summed E-state index contributed by atoms with van der Waals surface area (Å²) >= 11 is 0. The number of ether oxygens (including phenoxy) is 2. The molecule has 1 heterocycles. The Labute approximate surface area is 215 Å². The summed E-state index contributed by atoms with van der Waals surface area (Å²) in [5.41, 5.74) is 2.80. The van der Waals surface area contributed by atoms with Gasteiger partial charge in [0.25, 0.3) is 0 Å². The first kappa shape index (κ1) is 25.4. The first-order valence-corrected chi connectivity index (χ1v) is 11.7. The Kier molecular flexibility index (Phi) is 8.08. The van der Waals surface area contributed by atoms with E-state index in [4.69, 9.17) is 14.7 Å². The van der Waals surface area contributed by atoms with Gasteiger partial charge in [0.2, 0.25) is 0 Å². The van der Waals surface area contributed by atoms with Gasteiger partial charge in [-0.3, -0.25) is 4.79 Å². The molecular formula is C29H27N5O3. The molecule has 0 fully saturated rings. The van der Waals surface area contributed by atoms with Crippen molar-refractivity contribution in [3.63, 3.8) is 0 Å². The SMILES string of the molecule is COc1cc2ncnc(Nc3ccc(Oc4cccc(C#N)c4)cc3)c2cc1CC(=O)/C=C/CN(C)C. The van der Waals surface area contributed by atoms with E-state index in [-0.39, 0.29) is 12.2 Å². The average Bonchev–Trinajstić information content (AvgIpc) is 2.89. The molecule has 0 radical (unpaired) electrons. The lowest BCUT2D eigenvalue weighted by molar-refractivity contribution is -0.114. The lowest BCUT2D eigenvalue weighted by Gasteiger charge is -2.13. The van der Waals surface area contributed by atoms with Gasteiger partial charge in [-0.2, -0.15) is 5.26 Å². The molecule has 0 spiro atoms. The van der Waals surface area contributed by atoms with Crippen LogP contribution in [0.2, 0.25) is 0 Å². The molecule has 1 aromatic heterocycles. The number of likely N-dealkylation sites (N-methyl/N-ethyl adjacent to an activating group) is 1. The second-order valence-corrected chi connectivity index (χ2v) is 8.60. The maximum atomic E-state index is 12.5. The topological polar surface area (TPSA) is 100 Å². The van der Waals surface area contributed by atoms with E-state index in [9.17, 15) is 4.79 Å². The maximum absolute atomic E-state index is 12.5.